The number of esters is 1. The van der Waals surface area contributed by atoms with E-state index >= 15 is 0 Å². The molecule has 0 aliphatic carbocycles. The second-order valence-corrected chi connectivity index (χ2v) is 11.1. The number of fused-ring (bicyclic) bond motifs is 1. The Kier molecular flexibility index (Phi) is 8.87. The van der Waals surface area contributed by atoms with Gasteiger partial charge in [-0.2, -0.15) is 5.10 Å². The van der Waals surface area contributed by atoms with Gasteiger partial charge in [0.25, 0.3) is 5.91 Å². The molecule has 0 unspecified atom stereocenters. The van der Waals surface area contributed by atoms with Crippen LogP contribution in [0, 0.1) is 27.7 Å². The third kappa shape index (κ3) is 6.29. The van der Waals surface area contributed by atoms with Gasteiger partial charge in [-0.3, -0.25) is 9.89 Å². The maximum atomic E-state index is 13.7. The van der Waals surface area contributed by atoms with Gasteiger partial charge < -0.3 is 19.8 Å². The Labute approximate surface area is 255 Å². The van der Waals surface area contributed by atoms with Crippen LogP contribution in [0.15, 0.2) is 54.6 Å². The Balaban J connectivity index is 1.43. The molecule has 0 spiro atoms. The van der Waals surface area contributed by atoms with Gasteiger partial charge in [-0.1, -0.05) is 41.9 Å². The average Bonchev–Trinajstić information content (AvgIpc) is 3.55. The summed E-state index contributed by atoms with van der Waals surface area (Å²) in [6, 6.07) is 17.0. The van der Waals surface area contributed by atoms with Crippen LogP contribution in [0.3, 0.4) is 0 Å². The van der Waals surface area contributed by atoms with Gasteiger partial charge in [0, 0.05) is 33.8 Å². The number of nitrogens with one attached hydrogen (secondary N) is 3. The maximum absolute atomic E-state index is 13.7. The number of aromatic nitrogens is 3. The average molecular weight is 599 g/mol. The van der Waals surface area contributed by atoms with Crippen molar-refractivity contribution in [3.8, 4) is 16.9 Å². The number of carbonyl (C=O) groups is 2. The van der Waals surface area contributed by atoms with Gasteiger partial charge in [0.05, 0.1) is 30.5 Å². The smallest absolute Gasteiger partial charge is 0.337 e. The lowest BCUT2D eigenvalue weighted by Gasteiger charge is -2.11. The molecule has 3 N–H and O–H groups in total. The van der Waals surface area contributed by atoms with E-state index in [1.54, 1.807) is 18.2 Å². The van der Waals surface area contributed by atoms with E-state index in [1.165, 1.54) is 7.11 Å². The highest BCUT2D eigenvalue weighted by atomic mass is 35.5. The normalized spacial score (nSPS) is 11.1. The number of amides is 1. The van der Waals surface area contributed by atoms with Gasteiger partial charge >= 0.3 is 5.97 Å². The molecule has 43 heavy (non-hydrogen) atoms. The van der Waals surface area contributed by atoms with Crippen LogP contribution in [0.25, 0.3) is 22.0 Å². The third-order valence-corrected chi connectivity index (χ3v) is 8.21. The van der Waals surface area contributed by atoms with Crippen molar-refractivity contribution in [3.05, 3.63) is 105 Å². The fourth-order valence-corrected chi connectivity index (χ4v) is 5.62. The molecular weight excluding hydrogens is 564 g/mol. The highest BCUT2D eigenvalue weighted by Crippen LogP contribution is 2.35. The Bertz CT molecular complexity index is 1780. The second kappa shape index (κ2) is 12.8. The van der Waals surface area contributed by atoms with Crippen LogP contribution in [0.1, 0.15) is 60.9 Å². The predicted molar refractivity (Wildman–Crippen MR) is 169 cm³/mol. The van der Waals surface area contributed by atoms with Gasteiger partial charge in [0.2, 0.25) is 0 Å². The van der Waals surface area contributed by atoms with Gasteiger partial charge in [0.1, 0.15) is 11.4 Å². The number of hydrogen-bond acceptors (Lipinski definition) is 5. The largest absolute Gasteiger partial charge is 0.494 e. The lowest BCUT2D eigenvalue weighted by molar-refractivity contribution is 0.0600. The van der Waals surface area contributed by atoms with E-state index in [0.29, 0.717) is 30.7 Å². The van der Waals surface area contributed by atoms with Crippen molar-refractivity contribution in [2.75, 3.05) is 13.7 Å². The summed E-state index contributed by atoms with van der Waals surface area (Å²) in [6.45, 7) is 8.62. The van der Waals surface area contributed by atoms with E-state index in [2.05, 4.69) is 20.5 Å². The topological polar surface area (TPSA) is 109 Å². The molecule has 8 nitrogen and oxygen atoms in total. The Hall–Kier alpha value is -4.56. The third-order valence-electron chi connectivity index (χ3n) is 7.62. The zero-order chi connectivity index (χ0) is 30.7. The number of hydrogen-bond donors (Lipinski definition) is 3. The monoisotopic (exact) mass is 598 g/mol. The summed E-state index contributed by atoms with van der Waals surface area (Å²) in [5, 5.41) is 12.2. The lowest BCUT2D eigenvalue weighted by Crippen LogP contribution is -2.24. The number of methoxy groups -OCH3 is 1. The van der Waals surface area contributed by atoms with Gasteiger partial charge in [-0.05, 0) is 87.1 Å². The van der Waals surface area contributed by atoms with Crippen molar-refractivity contribution in [1.29, 1.82) is 0 Å². The number of halogens is 1. The quantitative estimate of drug-likeness (QED) is 0.117. The molecular formula is C34H35ClN4O4. The minimum atomic E-state index is -0.422. The summed E-state index contributed by atoms with van der Waals surface area (Å²) in [5.74, 6) is 0.124. The van der Waals surface area contributed by atoms with E-state index in [-0.39, 0.29) is 12.5 Å². The number of nitrogens with zero attached hydrogens (tertiary/aromatic N) is 1. The van der Waals surface area contributed by atoms with Crippen LogP contribution < -0.4 is 10.1 Å². The molecule has 1 amide bonds. The predicted octanol–water partition coefficient (Wildman–Crippen LogP) is 7.17. The summed E-state index contributed by atoms with van der Waals surface area (Å²) in [7, 11) is 1.34. The van der Waals surface area contributed by atoms with Crippen molar-refractivity contribution in [1.82, 2.24) is 20.5 Å². The highest BCUT2D eigenvalue weighted by molar-refractivity contribution is 6.32. The van der Waals surface area contributed by atoms with Gasteiger partial charge in [-0.15, -0.1) is 0 Å². The fourth-order valence-electron chi connectivity index (χ4n) is 5.51. The molecule has 2 aromatic heterocycles. The summed E-state index contributed by atoms with van der Waals surface area (Å²) >= 11 is 6.32. The first-order valence-electron chi connectivity index (χ1n) is 14.2. The standard InChI is InChI=1S/C34H35ClN4O4/c1-19-15-25(16-20(2)30(19)35)43-14-8-13-27-26-11-7-12-28(29-21(3)38-39-22(29)4)31(26)37-32(27)33(40)36-18-23-9-6-10-24(17-23)34(41)42-5/h6-7,9-12,15-17,37H,8,13-14,18H2,1-5H3,(H,36,40)(H,38,39). The van der Waals surface area contributed by atoms with E-state index in [0.717, 1.165) is 66.4 Å². The number of rotatable bonds is 10. The molecule has 0 fully saturated rings. The van der Waals surface area contributed by atoms with E-state index in [4.69, 9.17) is 21.1 Å². The molecule has 0 saturated carbocycles. The number of para-hydroxylation sites is 1. The number of aromatic amines is 2. The van der Waals surface area contributed by atoms with Crippen molar-refractivity contribution in [2.45, 2.75) is 47.1 Å². The summed E-state index contributed by atoms with van der Waals surface area (Å²) < 4.78 is 10.9. The summed E-state index contributed by atoms with van der Waals surface area (Å²) in [5.41, 5.74) is 9.32. The molecule has 0 bridgehead atoms. The number of ether oxygens (including phenoxy) is 2. The Morgan fingerprint density at radius 2 is 1.74 bits per heavy atom. The van der Waals surface area contributed by atoms with Crippen molar-refractivity contribution in [3.63, 3.8) is 0 Å². The van der Waals surface area contributed by atoms with Crippen LogP contribution in [0.5, 0.6) is 5.75 Å². The van der Waals surface area contributed by atoms with Gasteiger partial charge in [0.15, 0.2) is 0 Å². The SMILES string of the molecule is COC(=O)c1cccc(CNC(=O)c2[nH]c3c(-c4c(C)n[nH]c4C)cccc3c2CCCOc2cc(C)c(Cl)c(C)c2)c1. The Morgan fingerprint density at radius 3 is 2.44 bits per heavy atom. The minimum absolute atomic E-state index is 0.230. The van der Waals surface area contributed by atoms with E-state index < -0.39 is 5.97 Å². The van der Waals surface area contributed by atoms with E-state index in [9.17, 15) is 9.59 Å². The second-order valence-electron chi connectivity index (χ2n) is 10.7. The zero-order valence-electron chi connectivity index (χ0n) is 25.0. The number of carbonyl (C=O) groups excluding carboxylic acids is 2. The van der Waals surface area contributed by atoms with Crippen LogP contribution in [-0.4, -0.2) is 40.8 Å². The van der Waals surface area contributed by atoms with Crippen LogP contribution in [-0.2, 0) is 17.7 Å². The minimum Gasteiger partial charge on any atom is -0.494 e. The molecule has 0 aliphatic heterocycles. The van der Waals surface area contributed by atoms with Crippen molar-refractivity contribution < 1.29 is 19.1 Å². The molecule has 222 valence electrons. The van der Waals surface area contributed by atoms with Crippen molar-refractivity contribution in [2.24, 2.45) is 0 Å². The molecule has 9 heteroatoms. The molecule has 0 radical (unpaired) electrons. The number of H-pyrrole nitrogens is 2. The molecule has 0 aliphatic rings. The Morgan fingerprint density at radius 1 is 1.00 bits per heavy atom. The molecule has 0 atom stereocenters. The van der Waals surface area contributed by atoms with Crippen LogP contribution >= 0.6 is 11.6 Å². The molecule has 0 saturated heterocycles. The molecule has 5 aromatic rings. The maximum Gasteiger partial charge on any atom is 0.337 e. The van der Waals surface area contributed by atoms with Crippen LogP contribution in [0.4, 0.5) is 0 Å². The number of aryl methyl sites for hydroxylation is 5. The van der Waals surface area contributed by atoms with E-state index in [1.807, 2.05) is 64.1 Å². The molecule has 2 heterocycles. The summed E-state index contributed by atoms with van der Waals surface area (Å²) in [6.07, 6.45) is 1.32. The highest BCUT2D eigenvalue weighted by Gasteiger charge is 2.21. The first-order chi connectivity index (χ1) is 20.7. The fraction of sp³-hybridized carbons (Fsp3) is 0.265. The first kappa shape index (κ1) is 29.9. The first-order valence-corrected chi connectivity index (χ1v) is 14.6. The van der Waals surface area contributed by atoms with Gasteiger partial charge in [-0.25, -0.2) is 4.79 Å². The van der Waals surface area contributed by atoms with Crippen molar-refractivity contribution >= 4 is 34.4 Å². The summed E-state index contributed by atoms with van der Waals surface area (Å²) in [4.78, 5) is 29.1. The zero-order valence-corrected chi connectivity index (χ0v) is 25.7. The lowest BCUT2D eigenvalue weighted by atomic mass is 9.98. The van der Waals surface area contributed by atoms with Crippen LogP contribution in [0.2, 0.25) is 5.02 Å². The molecule has 5 rings (SSSR count). The molecule has 3 aromatic carbocycles. The number of benzene rings is 3.